The van der Waals surface area contributed by atoms with Gasteiger partial charge in [0.25, 0.3) is 0 Å². The molecule has 1 atom stereocenters. The lowest BCUT2D eigenvalue weighted by atomic mass is 10.0. The number of hydrogen-bond acceptors (Lipinski definition) is 3. The number of carbonyl (C=O) groups excluding carboxylic acids is 2. The molecular weight excluding hydrogens is 194 g/mol. The lowest BCUT2D eigenvalue weighted by Crippen LogP contribution is -2.22. The molecule has 1 aliphatic heterocycles. The minimum atomic E-state index is -0.804. The first-order chi connectivity index (χ1) is 7.24. The molecule has 1 heterocycles. The van der Waals surface area contributed by atoms with E-state index in [9.17, 15) is 9.59 Å². The number of carbonyl (C=O) groups is 2. The van der Waals surface area contributed by atoms with E-state index in [1.165, 1.54) is 0 Å². The van der Waals surface area contributed by atoms with Gasteiger partial charge in [0, 0.05) is 5.69 Å². The van der Waals surface area contributed by atoms with Crippen LogP contribution >= 0.6 is 0 Å². The van der Waals surface area contributed by atoms with Gasteiger partial charge >= 0.3 is 5.97 Å². The van der Waals surface area contributed by atoms with E-state index in [1.807, 2.05) is 6.07 Å². The van der Waals surface area contributed by atoms with Gasteiger partial charge in [-0.25, -0.2) is 0 Å². The number of hydrogen-bond donors (Lipinski definition) is 1. The zero-order valence-corrected chi connectivity index (χ0v) is 8.32. The normalized spacial score (nSPS) is 18.2. The highest BCUT2D eigenvalue weighted by Crippen LogP contribution is 2.32. The summed E-state index contributed by atoms with van der Waals surface area (Å²) in [7, 11) is 0. The molecule has 0 aromatic heterocycles. The highest BCUT2D eigenvalue weighted by Gasteiger charge is 2.37. The van der Waals surface area contributed by atoms with Crippen molar-refractivity contribution >= 4 is 17.6 Å². The molecule has 1 amide bonds. The molecule has 1 aromatic rings. The standard InChI is InChI=1S/C11H11NO3/c1-2-15-11(14)9-7-5-3-4-6-8(7)12-10(9)13/h3-6,9H,2H2,1H3,(H,12,13)/t9-/m1/s1. The first-order valence-corrected chi connectivity index (χ1v) is 4.80. The first-order valence-electron chi connectivity index (χ1n) is 4.80. The van der Waals surface area contributed by atoms with Gasteiger partial charge in [0.15, 0.2) is 5.92 Å². The number of fused-ring (bicyclic) bond motifs is 1. The summed E-state index contributed by atoms with van der Waals surface area (Å²) in [6.07, 6.45) is 0. The average Bonchev–Trinajstić information content (AvgIpc) is 2.54. The lowest BCUT2D eigenvalue weighted by molar-refractivity contribution is -0.147. The van der Waals surface area contributed by atoms with Gasteiger partial charge in [-0.1, -0.05) is 18.2 Å². The van der Waals surface area contributed by atoms with Crippen LogP contribution in [0.4, 0.5) is 5.69 Å². The van der Waals surface area contributed by atoms with Crippen LogP contribution in [0.3, 0.4) is 0 Å². The SMILES string of the molecule is CCOC(=O)[C@H]1C(=O)Nc2ccccc21. The molecule has 1 aliphatic rings. The van der Waals surface area contributed by atoms with E-state index in [1.54, 1.807) is 25.1 Å². The number of anilines is 1. The molecule has 0 saturated heterocycles. The molecule has 0 spiro atoms. The monoisotopic (exact) mass is 205 g/mol. The first kappa shape index (κ1) is 9.71. The maximum absolute atomic E-state index is 11.5. The molecule has 0 saturated carbocycles. The number of ether oxygens (including phenoxy) is 1. The minimum absolute atomic E-state index is 0.283. The zero-order valence-electron chi connectivity index (χ0n) is 8.32. The molecule has 4 heteroatoms. The molecule has 78 valence electrons. The van der Waals surface area contributed by atoms with Crippen molar-refractivity contribution in [2.75, 3.05) is 11.9 Å². The van der Waals surface area contributed by atoms with E-state index in [4.69, 9.17) is 4.74 Å². The Morgan fingerprint density at radius 1 is 1.47 bits per heavy atom. The van der Waals surface area contributed by atoms with Gasteiger partial charge in [-0.2, -0.15) is 0 Å². The lowest BCUT2D eigenvalue weighted by Gasteiger charge is -2.06. The Bertz CT molecular complexity index is 414. The van der Waals surface area contributed by atoms with Crippen LogP contribution < -0.4 is 5.32 Å². The molecule has 1 N–H and O–H groups in total. The molecule has 0 bridgehead atoms. The zero-order chi connectivity index (χ0) is 10.8. The third-order valence-corrected chi connectivity index (χ3v) is 2.31. The van der Waals surface area contributed by atoms with Crippen LogP contribution in [0.25, 0.3) is 0 Å². The van der Waals surface area contributed by atoms with Crippen LogP contribution in [0, 0.1) is 0 Å². The van der Waals surface area contributed by atoms with Gasteiger partial charge in [-0.05, 0) is 18.6 Å². The second kappa shape index (κ2) is 3.73. The highest BCUT2D eigenvalue weighted by atomic mass is 16.5. The van der Waals surface area contributed by atoms with Crippen LogP contribution in [0.1, 0.15) is 18.4 Å². The van der Waals surface area contributed by atoms with Crippen LogP contribution in [-0.2, 0) is 14.3 Å². The van der Waals surface area contributed by atoms with E-state index < -0.39 is 11.9 Å². The van der Waals surface area contributed by atoms with Gasteiger partial charge in [-0.3, -0.25) is 9.59 Å². The smallest absolute Gasteiger partial charge is 0.323 e. The van der Waals surface area contributed by atoms with Crippen molar-refractivity contribution in [3.63, 3.8) is 0 Å². The third kappa shape index (κ3) is 1.58. The van der Waals surface area contributed by atoms with E-state index >= 15 is 0 Å². The summed E-state index contributed by atoms with van der Waals surface area (Å²) < 4.78 is 4.85. The maximum Gasteiger partial charge on any atom is 0.323 e. The number of nitrogens with one attached hydrogen (secondary N) is 1. The minimum Gasteiger partial charge on any atom is -0.465 e. The van der Waals surface area contributed by atoms with Crippen molar-refractivity contribution in [3.05, 3.63) is 29.8 Å². The molecule has 0 radical (unpaired) electrons. The van der Waals surface area contributed by atoms with Crippen molar-refractivity contribution in [1.29, 1.82) is 0 Å². The highest BCUT2D eigenvalue weighted by molar-refractivity contribution is 6.14. The van der Waals surface area contributed by atoms with Gasteiger partial charge < -0.3 is 10.1 Å². The summed E-state index contributed by atoms with van der Waals surface area (Å²) in [5.41, 5.74) is 1.39. The summed E-state index contributed by atoms with van der Waals surface area (Å²) in [6.45, 7) is 2.00. The average molecular weight is 205 g/mol. The van der Waals surface area contributed by atoms with Crippen LogP contribution in [0.5, 0.6) is 0 Å². The predicted molar refractivity (Wildman–Crippen MR) is 54.4 cm³/mol. The van der Waals surface area contributed by atoms with Crippen LogP contribution in [0.15, 0.2) is 24.3 Å². The molecule has 0 unspecified atom stereocenters. The summed E-state index contributed by atoms with van der Waals surface area (Å²) >= 11 is 0. The molecule has 0 fully saturated rings. The Hall–Kier alpha value is -1.84. The third-order valence-electron chi connectivity index (χ3n) is 2.31. The van der Waals surface area contributed by atoms with Crippen molar-refractivity contribution in [3.8, 4) is 0 Å². The predicted octanol–water partition coefficient (Wildman–Crippen LogP) is 1.29. The number of para-hydroxylation sites is 1. The quantitative estimate of drug-likeness (QED) is 0.584. The van der Waals surface area contributed by atoms with Gasteiger partial charge in [0.2, 0.25) is 5.91 Å². The Kier molecular flexibility index (Phi) is 2.41. The van der Waals surface area contributed by atoms with Crippen LogP contribution in [-0.4, -0.2) is 18.5 Å². The summed E-state index contributed by atoms with van der Waals surface area (Å²) in [5, 5.41) is 2.65. The van der Waals surface area contributed by atoms with Crippen molar-refractivity contribution < 1.29 is 14.3 Å². The number of esters is 1. The molecule has 4 nitrogen and oxygen atoms in total. The van der Waals surface area contributed by atoms with Gasteiger partial charge in [0.1, 0.15) is 0 Å². The molecular formula is C11H11NO3. The van der Waals surface area contributed by atoms with E-state index in [0.29, 0.717) is 11.3 Å². The number of amides is 1. The summed E-state index contributed by atoms with van der Waals surface area (Å²) in [6, 6.07) is 7.14. The summed E-state index contributed by atoms with van der Waals surface area (Å²) in [5.74, 6) is -1.60. The van der Waals surface area contributed by atoms with E-state index in [0.717, 1.165) is 0 Å². The van der Waals surface area contributed by atoms with E-state index in [2.05, 4.69) is 5.32 Å². The van der Waals surface area contributed by atoms with Crippen LogP contribution in [0.2, 0.25) is 0 Å². The topological polar surface area (TPSA) is 55.4 Å². The fourth-order valence-corrected chi connectivity index (χ4v) is 1.67. The number of benzene rings is 1. The molecule has 2 rings (SSSR count). The molecule has 1 aromatic carbocycles. The van der Waals surface area contributed by atoms with Crippen molar-refractivity contribution in [1.82, 2.24) is 0 Å². The Labute approximate surface area is 87.2 Å². The van der Waals surface area contributed by atoms with E-state index in [-0.39, 0.29) is 12.5 Å². The Morgan fingerprint density at radius 3 is 2.93 bits per heavy atom. The van der Waals surface area contributed by atoms with Gasteiger partial charge in [-0.15, -0.1) is 0 Å². The fourth-order valence-electron chi connectivity index (χ4n) is 1.67. The Morgan fingerprint density at radius 2 is 2.20 bits per heavy atom. The van der Waals surface area contributed by atoms with Crippen molar-refractivity contribution in [2.24, 2.45) is 0 Å². The largest absolute Gasteiger partial charge is 0.465 e. The fraction of sp³-hybridized carbons (Fsp3) is 0.273. The van der Waals surface area contributed by atoms with Crippen molar-refractivity contribution in [2.45, 2.75) is 12.8 Å². The number of rotatable bonds is 2. The second-order valence-corrected chi connectivity index (χ2v) is 3.26. The maximum atomic E-state index is 11.5. The Balaban J connectivity index is 2.33. The molecule has 0 aliphatic carbocycles. The second-order valence-electron chi connectivity index (χ2n) is 3.26. The molecule has 15 heavy (non-hydrogen) atoms. The van der Waals surface area contributed by atoms with Gasteiger partial charge in [0.05, 0.1) is 6.61 Å². The summed E-state index contributed by atoms with van der Waals surface area (Å²) in [4.78, 5) is 23.1.